The minimum Gasteiger partial charge on any atom is -0.481 e. The van der Waals surface area contributed by atoms with Gasteiger partial charge in [0, 0.05) is 25.8 Å². The first kappa shape index (κ1) is 19.5. The molecular weight excluding hydrogens is 346 g/mol. The molecule has 25 heavy (non-hydrogen) atoms. The van der Waals surface area contributed by atoms with E-state index >= 15 is 0 Å². The zero-order valence-electron chi connectivity index (χ0n) is 14.5. The summed E-state index contributed by atoms with van der Waals surface area (Å²) in [5.74, 6) is -0.710. The molecule has 0 saturated carbocycles. The summed E-state index contributed by atoms with van der Waals surface area (Å²) in [6.07, 6.45) is 0.545. The first-order valence-corrected chi connectivity index (χ1v) is 8.79. The molecule has 2 rings (SSSR count). The Morgan fingerprint density at radius 2 is 2.08 bits per heavy atom. The Hall–Kier alpha value is -1.79. The zero-order chi connectivity index (χ0) is 18.4. The third-order valence-corrected chi connectivity index (χ3v) is 4.53. The second-order valence-electron chi connectivity index (χ2n) is 6.21. The molecule has 1 aliphatic rings. The molecule has 0 spiro atoms. The van der Waals surface area contributed by atoms with Crippen LogP contribution >= 0.6 is 11.6 Å². The number of amides is 1. The number of aryl methyl sites for hydroxylation is 1. The highest BCUT2D eigenvalue weighted by atomic mass is 35.5. The number of aliphatic carboxylic acids is 1. The zero-order valence-corrected chi connectivity index (χ0v) is 15.3. The predicted octanol–water partition coefficient (Wildman–Crippen LogP) is 2.90. The maximum Gasteiger partial charge on any atom is 0.305 e. The van der Waals surface area contributed by atoms with Gasteiger partial charge in [-0.3, -0.25) is 9.59 Å². The van der Waals surface area contributed by atoms with Crippen LogP contribution in [0.5, 0.6) is 5.75 Å². The van der Waals surface area contributed by atoms with E-state index in [0.717, 1.165) is 5.56 Å². The van der Waals surface area contributed by atoms with E-state index in [2.05, 4.69) is 0 Å². The van der Waals surface area contributed by atoms with Crippen LogP contribution in [0.2, 0.25) is 5.02 Å². The van der Waals surface area contributed by atoms with E-state index in [1.54, 1.807) is 24.0 Å². The van der Waals surface area contributed by atoms with Gasteiger partial charge in [0.15, 0.2) is 6.10 Å². The molecule has 0 bridgehead atoms. The number of rotatable bonds is 7. The Labute approximate surface area is 152 Å². The largest absolute Gasteiger partial charge is 0.481 e. The quantitative estimate of drug-likeness (QED) is 0.799. The highest BCUT2D eigenvalue weighted by Gasteiger charge is 2.30. The van der Waals surface area contributed by atoms with E-state index < -0.39 is 12.1 Å². The summed E-state index contributed by atoms with van der Waals surface area (Å²) in [5.41, 5.74) is 0.978. The molecule has 1 fully saturated rings. The molecule has 1 aromatic rings. The SMILES string of the molecule is Cc1ccc(Cl)c(OC(C)C(=O)N(CCC(=O)O)C2CCOCC2)c1. The molecule has 1 amide bonds. The van der Waals surface area contributed by atoms with Gasteiger partial charge in [0.2, 0.25) is 0 Å². The van der Waals surface area contributed by atoms with Crippen LogP contribution in [-0.2, 0) is 14.3 Å². The minimum atomic E-state index is -0.930. The molecule has 1 aromatic carbocycles. The van der Waals surface area contributed by atoms with Crippen molar-refractivity contribution < 1.29 is 24.2 Å². The van der Waals surface area contributed by atoms with Gasteiger partial charge in [0.25, 0.3) is 5.91 Å². The lowest BCUT2D eigenvalue weighted by Gasteiger charge is -2.35. The van der Waals surface area contributed by atoms with Gasteiger partial charge in [-0.2, -0.15) is 0 Å². The fourth-order valence-corrected chi connectivity index (χ4v) is 3.02. The summed E-state index contributed by atoms with van der Waals surface area (Å²) >= 11 is 6.13. The van der Waals surface area contributed by atoms with Gasteiger partial charge < -0.3 is 19.5 Å². The second-order valence-corrected chi connectivity index (χ2v) is 6.62. The molecule has 1 atom stereocenters. The van der Waals surface area contributed by atoms with Crippen molar-refractivity contribution in [2.75, 3.05) is 19.8 Å². The number of nitrogens with zero attached hydrogens (tertiary/aromatic N) is 1. The Bertz CT molecular complexity index is 615. The van der Waals surface area contributed by atoms with Gasteiger partial charge in [-0.15, -0.1) is 0 Å². The molecule has 0 aromatic heterocycles. The maximum atomic E-state index is 12.9. The van der Waals surface area contributed by atoms with Crippen LogP contribution in [0.4, 0.5) is 0 Å². The molecule has 1 aliphatic heterocycles. The van der Waals surface area contributed by atoms with Crippen LogP contribution in [0.3, 0.4) is 0 Å². The third-order valence-electron chi connectivity index (χ3n) is 4.22. The summed E-state index contributed by atoms with van der Waals surface area (Å²) in [6, 6.07) is 5.34. The van der Waals surface area contributed by atoms with E-state index in [1.807, 2.05) is 13.0 Å². The van der Waals surface area contributed by atoms with E-state index in [4.69, 9.17) is 26.2 Å². The predicted molar refractivity (Wildman–Crippen MR) is 94.1 cm³/mol. The number of hydrogen-bond acceptors (Lipinski definition) is 4. The third kappa shape index (κ3) is 5.61. The number of halogens is 1. The van der Waals surface area contributed by atoms with E-state index in [9.17, 15) is 9.59 Å². The van der Waals surface area contributed by atoms with Gasteiger partial charge >= 0.3 is 5.97 Å². The van der Waals surface area contributed by atoms with Crippen LogP contribution in [0.15, 0.2) is 18.2 Å². The smallest absolute Gasteiger partial charge is 0.305 e. The van der Waals surface area contributed by atoms with Gasteiger partial charge in [0.1, 0.15) is 5.75 Å². The summed E-state index contributed by atoms with van der Waals surface area (Å²) in [6.45, 7) is 4.87. The number of carboxylic acids is 1. The second kappa shape index (κ2) is 9.06. The van der Waals surface area contributed by atoms with Crippen molar-refractivity contribution in [1.29, 1.82) is 0 Å². The van der Waals surface area contributed by atoms with Crippen molar-refractivity contribution in [2.45, 2.75) is 45.3 Å². The van der Waals surface area contributed by atoms with E-state index in [-0.39, 0.29) is 24.9 Å². The standard InChI is InChI=1S/C18H24ClNO5/c1-12-3-4-15(19)16(11-12)25-13(2)18(23)20(8-5-17(21)22)14-6-9-24-10-7-14/h3-4,11,13-14H,5-10H2,1-2H3,(H,21,22). The molecule has 1 saturated heterocycles. The van der Waals surface area contributed by atoms with Crippen LogP contribution in [-0.4, -0.2) is 53.8 Å². The van der Waals surface area contributed by atoms with Gasteiger partial charge in [-0.25, -0.2) is 0 Å². The van der Waals surface area contributed by atoms with E-state index in [1.165, 1.54) is 0 Å². The number of carbonyl (C=O) groups excluding carboxylic acids is 1. The monoisotopic (exact) mass is 369 g/mol. The first-order valence-electron chi connectivity index (χ1n) is 8.41. The van der Waals surface area contributed by atoms with Gasteiger partial charge in [-0.05, 0) is 44.4 Å². The van der Waals surface area contributed by atoms with Crippen molar-refractivity contribution in [3.8, 4) is 5.75 Å². The molecule has 138 valence electrons. The molecule has 7 heteroatoms. The normalized spacial score (nSPS) is 16.3. The van der Waals surface area contributed by atoms with Crippen LogP contribution in [0.25, 0.3) is 0 Å². The number of benzene rings is 1. The lowest BCUT2D eigenvalue weighted by atomic mass is 10.1. The van der Waals surface area contributed by atoms with Gasteiger partial charge in [-0.1, -0.05) is 17.7 Å². The summed E-state index contributed by atoms with van der Waals surface area (Å²) < 4.78 is 11.1. The first-order chi connectivity index (χ1) is 11.9. The topological polar surface area (TPSA) is 76.1 Å². The Morgan fingerprint density at radius 3 is 2.72 bits per heavy atom. The average molecular weight is 370 g/mol. The number of ether oxygens (including phenoxy) is 2. The molecule has 1 N–H and O–H groups in total. The fourth-order valence-electron chi connectivity index (χ4n) is 2.86. The van der Waals surface area contributed by atoms with Crippen LogP contribution in [0, 0.1) is 6.92 Å². The molecule has 1 heterocycles. The van der Waals surface area contributed by atoms with Crippen molar-refractivity contribution in [2.24, 2.45) is 0 Å². The highest BCUT2D eigenvalue weighted by Crippen LogP contribution is 2.27. The lowest BCUT2D eigenvalue weighted by molar-refractivity contribution is -0.144. The van der Waals surface area contributed by atoms with Crippen LogP contribution < -0.4 is 4.74 Å². The Balaban J connectivity index is 2.10. The summed E-state index contributed by atoms with van der Waals surface area (Å²) in [5, 5.41) is 9.41. The fraction of sp³-hybridized carbons (Fsp3) is 0.556. The van der Waals surface area contributed by atoms with Crippen LogP contribution in [0.1, 0.15) is 31.7 Å². The minimum absolute atomic E-state index is 0.0281. The molecule has 1 unspecified atom stereocenters. The van der Waals surface area contributed by atoms with E-state index in [0.29, 0.717) is 36.8 Å². The number of hydrogen-bond donors (Lipinski definition) is 1. The van der Waals surface area contributed by atoms with Crippen molar-refractivity contribution >= 4 is 23.5 Å². The van der Waals surface area contributed by atoms with Crippen molar-refractivity contribution in [3.63, 3.8) is 0 Å². The van der Waals surface area contributed by atoms with Crippen molar-refractivity contribution in [3.05, 3.63) is 28.8 Å². The Morgan fingerprint density at radius 1 is 1.40 bits per heavy atom. The molecule has 0 aliphatic carbocycles. The summed E-state index contributed by atoms with van der Waals surface area (Å²) in [4.78, 5) is 25.4. The molecule has 0 radical (unpaired) electrons. The van der Waals surface area contributed by atoms with Gasteiger partial charge in [0.05, 0.1) is 11.4 Å². The number of carboxylic acid groups (broad SMARTS) is 1. The maximum absolute atomic E-state index is 12.9. The number of carbonyl (C=O) groups is 2. The van der Waals surface area contributed by atoms with Crippen molar-refractivity contribution in [1.82, 2.24) is 4.90 Å². The summed E-state index contributed by atoms with van der Waals surface area (Å²) in [7, 11) is 0. The highest BCUT2D eigenvalue weighted by molar-refractivity contribution is 6.32. The molecule has 6 nitrogen and oxygen atoms in total. The molecular formula is C18H24ClNO5. The lowest BCUT2D eigenvalue weighted by Crippen LogP contribution is -2.49. The average Bonchev–Trinajstić information content (AvgIpc) is 2.58. The Kier molecular flexibility index (Phi) is 7.08.